The molecular formula is C4H5NO4. The van der Waals surface area contributed by atoms with Gasteiger partial charge in [-0.05, 0) is 0 Å². The number of nitrogens with two attached hydrogens (primary N) is 1. The molecule has 0 saturated heterocycles. The maximum Gasteiger partial charge on any atom is 0.352 e. The van der Waals surface area contributed by atoms with Crippen molar-refractivity contribution in [1.82, 2.24) is 0 Å². The van der Waals surface area contributed by atoms with E-state index in [-0.39, 0.29) is 0 Å². The summed E-state index contributed by atoms with van der Waals surface area (Å²) in [5.41, 5.74) is 4.02. The number of hydrogen-bond donors (Lipinski definition) is 3. The molecule has 5 heteroatoms. The number of carboxylic acids is 2. The van der Waals surface area contributed by atoms with Gasteiger partial charge in [0, 0.05) is 0 Å². The van der Waals surface area contributed by atoms with Gasteiger partial charge in [-0.3, -0.25) is 0 Å². The van der Waals surface area contributed by atoms with Gasteiger partial charge in [0.1, 0.15) is 5.70 Å². The van der Waals surface area contributed by atoms with Crippen molar-refractivity contribution in [2.45, 2.75) is 0 Å². The van der Waals surface area contributed by atoms with Crippen LogP contribution in [0.15, 0.2) is 11.8 Å². The van der Waals surface area contributed by atoms with Gasteiger partial charge in [-0.25, -0.2) is 9.59 Å². The highest BCUT2D eigenvalue weighted by atomic mass is 16.4. The van der Waals surface area contributed by atoms with Gasteiger partial charge in [0.25, 0.3) is 0 Å². The van der Waals surface area contributed by atoms with Crippen molar-refractivity contribution in [1.29, 1.82) is 0 Å². The molecule has 0 saturated carbocycles. The van der Waals surface area contributed by atoms with E-state index in [2.05, 4.69) is 0 Å². The van der Waals surface area contributed by atoms with E-state index < -0.39 is 17.6 Å². The van der Waals surface area contributed by atoms with Gasteiger partial charge in [-0.2, -0.15) is 0 Å². The van der Waals surface area contributed by atoms with Gasteiger partial charge in [0.05, 0.1) is 6.08 Å². The summed E-state index contributed by atoms with van der Waals surface area (Å²) in [6.45, 7) is 0. The minimum absolute atomic E-state index is 0.419. The van der Waals surface area contributed by atoms with Gasteiger partial charge >= 0.3 is 11.9 Å². The van der Waals surface area contributed by atoms with Crippen LogP contribution in [0.1, 0.15) is 0 Å². The molecule has 0 radical (unpaired) electrons. The van der Waals surface area contributed by atoms with E-state index in [1.165, 1.54) is 0 Å². The molecule has 0 rings (SSSR count). The Morgan fingerprint density at radius 2 is 1.78 bits per heavy atom. The Balaban J connectivity index is 4.17. The summed E-state index contributed by atoms with van der Waals surface area (Å²) in [6, 6.07) is 0. The minimum Gasteiger partial charge on any atom is -0.478 e. The average Bonchev–Trinajstić information content (AvgIpc) is 1.63. The summed E-state index contributed by atoms with van der Waals surface area (Å²) in [5, 5.41) is 15.9. The highest BCUT2D eigenvalue weighted by Gasteiger charge is 2.01. The fourth-order valence-electron chi connectivity index (χ4n) is 0.195. The third kappa shape index (κ3) is 3.10. The van der Waals surface area contributed by atoms with Gasteiger partial charge in [-0.15, -0.1) is 0 Å². The number of carboxylic acid groups (broad SMARTS) is 2. The van der Waals surface area contributed by atoms with Crippen LogP contribution in [-0.4, -0.2) is 22.2 Å². The highest BCUT2D eigenvalue weighted by Crippen LogP contribution is 1.81. The first kappa shape index (κ1) is 7.48. The SMILES string of the molecule is NC(=CC(=O)O)C(=O)O. The summed E-state index contributed by atoms with van der Waals surface area (Å²) in [5.74, 6) is -2.80. The van der Waals surface area contributed by atoms with Gasteiger partial charge in [0.15, 0.2) is 0 Å². The lowest BCUT2D eigenvalue weighted by atomic mass is 10.4. The normalized spacial score (nSPS) is 10.9. The predicted molar refractivity (Wildman–Crippen MR) is 27.5 cm³/mol. The Bertz CT molecular complexity index is 171. The van der Waals surface area contributed by atoms with Crippen molar-refractivity contribution in [2.24, 2.45) is 5.73 Å². The maximum absolute atomic E-state index is 9.78. The Morgan fingerprint density at radius 3 is 1.89 bits per heavy atom. The van der Waals surface area contributed by atoms with Gasteiger partial charge in [-0.1, -0.05) is 0 Å². The molecule has 0 heterocycles. The van der Waals surface area contributed by atoms with Crippen LogP contribution in [0.2, 0.25) is 0 Å². The first-order valence-corrected chi connectivity index (χ1v) is 1.97. The molecular weight excluding hydrogens is 126 g/mol. The molecule has 0 aromatic carbocycles. The summed E-state index contributed by atoms with van der Waals surface area (Å²) in [7, 11) is 0. The molecule has 0 unspecified atom stereocenters. The molecule has 0 aromatic heterocycles. The Kier molecular flexibility index (Phi) is 2.25. The topological polar surface area (TPSA) is 101 Å². The van der Waals surface area contributed by atoms with Crippen molar-refractivity contribution < 1.29 is 19.8 Å². The standard InChI is InChI=1S/C4H5NO4/c5-2(4(8)9)1-3(6)7/h1H,5H2,(H,6,7)(H,8,9). The molecule has 0 aliphatic heterocycles. The number of aliphatic carboxylic acids is 2. The summed E-state index contributed by atoms with van der Waals surface area (Å²) >= 11 is 0. The molecule has 0 aliphatic rings. The van der Waals surface area contributed by atoms with Gasteiger partial charge < -0.3 is 15.9 Å². The fraction of sp³-hybridized carbons (Fsp3) is 0. The largest absolute Gasteiger partial charge is 0.478 e. The van der Waals surface area contributed by atoms with Crippen LogP contribution in [0.5, 0.6) is 0 Å². The molecule has 0 amide bonds. The molecule has 50 valence electrons. The first-order valence-electron chi connectivity index (χ1n) is 1.97. The lowest BCUT2D eigenvalue weighted by Crippen LogP contribution is -2.11. The monoisotopic (exact) mass is 131 g/mol. The first-order chi connectivity index (χ1) is 4.04. The molecule has 9 heavy (non-hydrogen) atoms. The van der Waals surface area contributed by atoms with Crippen molar-refractivity contribution in [3.8, 4) is 0 Å². The zero-order valence-electron chi connectivity index (χ0n) is 4.37. The second-order valence-corrected chi connectivity index (χ2v) is 1.24. The zero-order valence-corrected chi connectivity index (χ0v) is 4.37. The van der Waals surface area contributed by atoms with Crippen molar-refractivity contribution >= 4 is 11.9 Å². The maximum atomic E-state index is 9.78. The molecule has 0 bridgehead atoms. The Hall–Kier alpha value is -1.52. The zero-order chi connectivity index (χ0) is 7.44. The molecule has 0 aromatic rings. The summed E-state index contributed by atoms with van der Waals surface area (Å²) < 4.78 is 0. The third-order valence-corrected chi connectivity index (χ3v) is 0.526. The Morgan fingerprint density at radius 1 is 1.33 bits per heavy atom. The predicted octanol–water partition coefficient (Wildman–Crippen LogP) is -1.00. The fourth-order valence-corrected chi connectivity index (χ4v) is 0.195. The number of hydrogen-bond acceptors (Lipinski definition) is 3. The summed E-state index contributed by atoms with van der Waals surface area (Å²) in [4.78, 5) is 19.5. The van der Waals surface area contributed by atoms with E-state index in [9.17, 15) is 9.59 Å². The molecule has 0 atom stereocenters. The molecule has 0 spiro atoms. The van der Waals surface area contributed by atoms with Crippen LogP contribution < -0.4 is 5.73 Å². The number of rotatable bonds is 2. The summed E-state index contributed by atoms with van der Waals surface area (Å²) in [6.07, 6.45) is 0.419. The Labute approximate surface area is 50.4 Å². The van der Waals surface area contributed by atoms with Crippen molar-refractivity contribution in [3.05, 3.63) is 11.8 Å². The van der Waals surface area contributed by atoms with Crippen molar-refractivity contribution in [2.75, 3.05) is 0 Å². The van der Waals surface area contributed by atoms with E-state index in [0.717, 1.165) is 0 Å². The van der Waals surface area contributed by atoms with Crippen LogP contribution in [0.4, 0.5) is 0 Å². The quantitative estimate of drug-likeness (QED) is 0.417. The van der Waals surface area contributed by atoms with Crippen LogP contribution in [0.25, 0.3) is 0 Å². The van der Waals surface area contributed by atoms with E-state index in [1.54, 1.807) is 0 Å². The van der Waals surface area contributed by atoms with Crippen LogP contribution in [0.3, 0.4) is 0 Å². The number of carbonyl (C=O) groups is 2. The lowest BCUT2D eigenvalue weighted by Gasteiger charge is -1.86. The van der Waals surface area contributed by atoms with Crippen LogP contribution in [-0.2, 0) is 9.59 Å². The van der Waals surface area contributed by atoms with Gasteiger partial charge in [0.2, 0.25) is 0 Å². The van der Waals surface area contributed by atoms with E-state index >= 15 is 0 Å². The average molecular weight is 131 g/mol. The second-order valence-electron chi connectivity index (χ2n) is 1.24. The second kappa shape index (κ2) is 2.71. The minimum atomic E-state index is -1.43. The third-order valence-electron chi connectivity index (χ3n) is 0.526. The molecule has 0 aliphatic carbocycles. The molecule has 5 nitrogen and oxygen atoms in total. The smallest absolute Gasteiger partial charge is 0.352 e. The van der Waals surface area contributed by atoms with E-state index in [4.69, 9.17) is 15.9 Å². The molecule has 4 N–H and O–H groups in total. The highest BCUT2D eigenvalue weighted by molar-refractivity contribution is 5.93. The van der Waals surface area contributed by atoms with Crippen LogP contribution >= 0.6 is 0 Å². The van der Waals surface area contributed by atoms with Crippen molar-refractivity contribution in [3.63, 3.8) is 0 Å². The van der Waals surface area contributed by atoms with E-state index in [1.807, 2.05) is 0 Å². The van der Waals surface area contributed by atoms with E-state index in [0.29, 0.717) is 6.08 Å². The molecule has 0 fully saturated rings. The lowest BCUT2D eigenvalue weighted by molar-refractivity contribution is -0.135. The van der Waals surface area contributed by atoms with Crippen LogP contribution in [0, 0.1) is 0 Å².